The molecule has 20 heavy (non-hydrogen) atoms. The van der Waals surface area contributed by atoms with Crippen LogP contribution in [0.1, 0.15) is 27.2 Å². The lowest BCUT2D eigenvalue weighted by Crippen LogP contribution is -2.45. The van der Waals surface area contributed by atoms with Gasteiger partial charge in [0.25, 0.3) is 0 Å². The van der Waals surface area contributed by atoms with Gasteiger partial charge >= 0.3 is 6.01 Å². The van der Waals surface area contributed by atoms with Gasteiger partial charge in [0.2, 0.25) is 11.9 Å². The summed E-state index contributed by atoms with van der Waals surface area (Å²) in [5.41, 5.74) is -0.874. The van der Waals surface area contributed by atoms with E-state index >= 15 is 0 Å². The van der Waals surface area contributed by atoms with Crippen LogP contribution < -0.4 is 15.4 Å². The predicted molar refractivity (Wildman–Crippen MR) is 76.0 cm³/mol. The lowest BCUT2D eigenvalue weighted by molar-refractivity contribution is 0.131. The Morgan fingerprint density at radius 1 is 1.15 bits per heavy atom. The second kappa shape index (κ2) is 7.20. The molecule has 0 aromatic carbocycles. The highest BCUT2D eigenvalue weighted by atomic mass is 16.5. The molecule has 0 saturated heterocycles. The van der Waals surface area contributed by atoms with Crippen LogP contribution in [0, 0.1) is 0 Å². The minimum atomic E-state index is -0.874. The SMILES string of the molecule is CCC(CO)(CO)Nc1nc(NC)nc(OC(C)C)n1. The van der Waals surface area contributed by atoms with Gasteiger partial charge in [-0.2, -0.15) is 15.0 Å². The summed E-state index contributed by atoms with van der Waals surface area (Å²) in [6.07, 6.45) is 0.447. The fourth-order valence-electron chi connectivity index (χ4n) is 1.47. The third-order valence-electron chi connectivity index (χ3n) is 2.84. The Balaban J connectivity index is 3.04. The molecule has 0 unspecified atom stereocenters. The summed E-state index contributed by atoms with van der Waals surface area (Å²) in [6, 6.07) is 0.183. The van der Waals surface area contributed by atoms with Crippen molar-refractivity contribution in [1.82, 2.24) is 15.0 Å². The standard InChI is InChI=1S/C12H23N5O3/c1-5-12(6-18,7-19)17-10-14-9(13-4)15-11(16-10)20-8(2)3/h8,18-19H,5-7H2,1-4H3,(H2,13,14,15,16,17). The summed E-state index contributed by atoms with van der Waals surface area (Å²) in [7, 11) is 1.68. The Morgan fingerprint density at radius 2 is 1.75 bits per heavy atom. The molecule has 0 spiro atoms. The summed E-state index contributed by atoms with van der Waals surface area (Å²) >= 11 is 0. The van der Waals surface area contributed by atoms with Crippen molar-refractivity contribution in [2.45, 2.75) is 38.8 Å². The zero-order valence-electron chi connectivity index (χ0n) is 12.3. The number of hydrogen-bond acceptors (Lipinski definition) is 8. The van der Waals surface area contributed by atoms with Gasteiger partial charge in [-0.15, -0.1) is 0 Å². The van der Waals surface area contributed by atoms with Gasteiger partial charge in [0.05, 0.1) is 24.9 Å². The van der Waals surface area contributed by atoms with Crippen LogP contribution >= 0.6 is 0 Å². The van der Waals surface area contributed by atoms with E-state index < -0.39 is 5.54 Å². The van der Waals surface area contributed by atoms with Crippen LogP contribution in [-0.4, -0.2) is 57.1 Å². The summed E-state index contributed by atoms with van der Waals surface area (Å²) in [4.78, 5) is 12.4. The zero-order valence-corrected chi connectivity index (χ0v) is 12.3. The molecular weight excluding hydrogens is 262 g/mol. The van der Waals surface area contributed by atoms with Crippen LogP contribution in [0.25, 0.3) is 0 Å². The second-order valence-electron chi connectivity index (χ2n) is 4.76. The molecular formula is C12H23N5O3. The van der Waals surface area contributed by atoms with Crippen molar-refractivity contribution >= 4 is 11.9 Å². The van der Waals surface area contributed by atoms with Gasteiger partial charge in [0, 0.05) is 7.05 Å². The molecule has 1 rings (SSSR count). The maximum absolute atomic E-state index is 9.44. The van der Waals surface area contributed by atoms with Gasteiger partial charge in [0.15, 0.2) is 0 Å². The molecule has 114 valence electrons. The molecule has 8 nitrogen and oxygen atoms in total. The molecule has 0 aliphatic carbocycles. The fraction of sp³-hybridized carbons (Fsp3) is 0.750. The first-order valence-corrected chi connectivity index (χ1v) is 6.59. The lowest BCUT2D eigenvalue weighted by atomic mass is 9.99. The zero-order chi connectivity index (χ0) is 15.2. The average Bonchev–Trinajstić information content (AvgIpc) is 2.44. The Morgan fingerprint density at radius 3 is 2.20 bits per heavy atom. The predicted octanol–water partition coefficient (Wildman–Crippen LogP) is 0.246. The molecule has 0 saturated carbocycles. The van der Waals surface area contributed by atoms with Crippen molar-refractivity contribution in [2.75, 3.05) is 30.9 Å². The fourth-order valence-corrected chi connectivity index (χ4v) is 1.47. The summed E-state index contributed by atoms with van der Waals surface area (Å²) in [5.74, 6) is 0.587. The molecule has 4 N–H and O–H groups in total. The number of aliphatic hydroxyl groups is 2. The van der Waals surface area contributed by atoms with Crippen molar-refractivity contribution in [2.24, 2.45) is 0 Å². The maximum atomic E-state index is 9.44. The number of nitrogens with one attached hydrogen (secondary N) is 2. The van der Waals surface area contributed by atoms with Crippen LogP contribution in [0.15, 0.2) is 0 Å². The lowest BCUT2D eigenvalue weighted by Gasteiger charge is -2.29. The van der Waals surface area contributed by atoms with E-state index in [1.807, 2.05) is 20.8 Å². The molecule has 0 aliphatic rings. The van der Waals surface area contributed by atoms with Crippen LogP contribution in [0.3, 0.4) is 0 Å². The van der Waals surface area contributed by atoms with Crippen molar-refractivity contribution < 1.29 is 14.9 Å². The van der Waals surface area contributed by atoms with Gasteiger partial charge in [-0.3, -0.25) is 0 Å². The molecule has 1 aromatic rings. The monoisotopic (exact) mass is 285 g/mol. The van der Waals surface area contributed by atoms with E-state index in [4.69, 9.17) is 4.74 Å². The number of aromatic nitrogens is 3. The van der Waals surface area contributed by atoms with E-state index in [-0.39, 0.29) is 31.3 Å². The number of rotatable bonds is 8. The summed E-state index contributed by atoms with van der Waals surface area (Å²) in [5, 5.41) is 24.6. The van der Waals surface area contributed by atoms with E-state index in [1.54, 1.807) is 7.05 Å². The first-order chi connectivity index (χ1) is 9.48. The van der Waals surface area contributed by atoms with Crippen LogP contribution in [0.2, 0.25) is 0 Å². The first kappa shape index (κ1) is 16.4. The van der Waals surface area contributed by atoms with Gasteiger partial charge in [-0.1, -0.05) is 6.92 Å². The van der Waals surface area contributed by atoms with Gasteiger partial charge in [-0.25, -0.2) is 0 Å². The van der Waals surface area contributed by atoms with Crippen molar-refractivity contribution in [3.8, 4) is 6.01 Å². The molecule has 0 atom stereocenters. The Hall–Kier alpha value is -1.67. The van der Waals surface area contributed by atoms with Crippen LogP contribution in [-0.2, 0) is 0 Å². The quantitative estimate of drug-likeness (QED) is 0.537. The van der Waals surface area contributed by atoms with E-state index in [9.17, 15) is 10.2 Å². The topological polar surface area (TPSA) is 112 Å². The van der Waals surface area contributed by atoms with Crippen LogP contribution in [0.5, 0.6) is 6.01 Å². The average molecular weight is 285 g/mol. The summed E-state index contributed by atoms with van der Waals surface area (Å²) < 4.78 is 5.45. The highest BCUT2D eigenvalue weighted by Gasteiger charge is 2.28. The molecule has 0 aliphatic heterocycles. The molecule has 0 bridgehead atoms. The van der Waals surface area contributed by atoms with Crippen LogP contribution in [0.4, 0.5) is 11.9 Å². The number of anilines is 2. The van der Waals surface area contributed by atoms with E-state index in [0.717, 1.165) is 0 Å². The van der Waals surface area contributed by atoms with Gasteiger partial charge < -0.3 is 25.6 Å². The van der Waals surface area contributed by atoms with Crippen molar-refractivity contribution in [1.29, 1.82) is 0 Å². The van der Waals surface area contributed by atoms with Crippen molar-refractivity contribution in [3.63, 3.8) is 0 Å². The molecule has 0 radical (unpaired) electrons. The van der Waals surface area contributed by atoms with Gasteiger partial charge in [0.1, 0.15) is 0 Å². The highest BCUT2D eigenvalue weighted by Crippen LogP contribution is 2.18. The van der Waals surface area contributed by atoms with E-state index in [1.165, 1.54) is 0 Å². The number of ether oxygens (including phenoxy) is 1. The highest BCUT2D eigenvalue weighted by molar-refractivity contribution is 5.37. The molecule has 0 amide bonds. The smallest absolute Gasteiger partial charge is 0.323 e. The maximum Gasteiger partial charge on any atom is 0.323 e. The summed E-state index contributed by atoms with van der Waals surface area (Å²) in [6.45, 7) is 5.12. The van der Waals surface area contributed by atoms with Gasteiger partial charge in [-0.05, 0) is 20.3 Å². The first-order valence-electron chi connectivity index (χ1n) is 6.59. The Bertz CT molecular complexity index is 415. The molecule has 0 fully saturated rings. The molecule has 1 heterocycles. The largest absolute Gasteiger partial charge is 0.461 e. The molecule has 1 aromatic heterocycles. The van der Waals surface area contributed by atoms with E-state index in [0.29, 0.717) is 12.4 Å². The third-order valence-corrected chi connectivity index (χ3v) is 2.84. The normalized spacial score (nSPS) is 11.6. The number of aliphatic hydroxyl groups excluding tert-OH is 2. The number of nitrogens with zero attached hydrogens (tertiary/aromatic N) is 3. The third kappa shape index (κ3) is 4.17. The van der Waals surface area contributed by atoms with E-state index in [2.05, 4.69) is 25.6 Å². The Kier molecular flexibility index (Phi) is 5.90. The minimum Gasteiger partial charge on any atom is -0.461 e. The molecule has 8 heteroatoms. The second-order valence-corrected chi connectivity index (χ2v) is 4.76. The van der Waals surface area contributed by atoms with Crippen molar-refractivity contribution in [3.05, 3.63) is 0 Å². The number of hydrogen-bond donors (Lipinski definition) is 4. The Labute approximate surface area is 118 Å². The minimum absolute atomic E-state index is 0.0680.